The Morgan fingerprint density at radius 2 is 1.63 bits per heavy atom. The molecule has 30 heavy (non-hydrogen) atoms. The van der Waals surface area contributed by atoms with Crippen molar-refractivity contribution in [2.24, 2.45) is 11.8 Å². The first-order valence-corrected chi connectivity index (χ1v) is 11.2. The maximum absolute atomic E-state index is 13.8. The summed E-state index contributed by atoms with van der Waals surface area (Å²) in [6.07, 6.45) is 3.32. The lowest BCUT2D eigenvalue weighted by atomic mass is 9.76. The molecule has 1 aliphatic heterocycles. The van der Waals surface area contributed by atoms with Crippen molar-refractivity contribution in [3.63, 3.8) is 0 Å². The van der Waals surface area contributed by atoms with Gasteiger partial charge in [0.25, 0.3) is 5.91 Å². The molecule has 0 N–H and O–H groups in total. The summed E-state index contributed by atoms with van der Waals surface area (Å²) in [6, 6.07) is 17.6. The summed E-state index contributed by atoms with van der Waals surface area (Å²) < 4.78 is 0. The van der Waals surface area contributed by atoms with Crippen molar-refractivity contribution in [3.05, 3.63) is 71.3 Å². The molecule has 2 fully saturated rings. The molecule has 4 rings (SSSR count). The molecule has 4 atom stereocenters. The number of hydrogen-bond acceptors (Lipinski definition) is 2. The molecule has 1 saturated carbocycles. The number of carbonyl (C=O) groups excluding carboxylic acids is 2. The number of aryl methyl sites for hydroxylation is 1. The fourth-order valence-electron chi connectivity index (χ4n) is 5.05. The zero-order chi connectivity index (χ0) is 21.3. The maximum Gasteiger partial charge on any atom is 0.250 e. The fraction of sp³-hybridized carbons (Fsp3) is 0.462. The van der Waals surface area contributed by atoms with Gasteiger partial charge in [-0.1, -0.05) is 86.8 Å². The third-order valence-corrected chi connectivity index (χ3v) is 7.11. The van der Waals surface area contributed by atoms with Crippen LogP contribution in [0.4, 0.5) is 0 Å². The van der Waals surface area contributed by atoms with E-state index in [2.05, 4.69) is 13.8 Å². The number of hydrogen-bond donors (Lipinski definition) is 0. The number of benzene rings is 2. The van der Waals surface area contributed by atoms with Gasteiger partial charge in [0.1, 0.15) is 12.6 Å². The second-order valence-corrected chi connectivity index (χ2v) is 9.12. The molecule has 1 heterocycles. The molecule has 2 amide bonds. The lowest BCUT2D eigenvalue weighted by molar-refractivity contribution is -0.161. The summed E-state index contributed by atoms with van der Waals surface area (Å²) in [5.41, 5.74) is 3.09. The smallest absolute Gasteiger partial charge is 0.250 e. The highest BCUT2D eigenvalue weighted by Gasteiger charge is 2.45. The minimum atomic E-state index is -0.559. The second kappa shape index (κ2) is 8.63. The molecule has 158 valence electrons. The number of piperazine rings is 1. The number of nitrogens with zero attached hydrogens (tertiary/aromatic N) is 2. The van der Waals surface area contributed by atoms with E-state index in [4.69, 9.17) is 0 Å². The minimum Gasteiger partial charge on any atom is -0.328 e. The largest absolute Gasteiger partial charge is 0.328 e. The lowest BCUT2D eigenvalue weighted by Gasteiger charge is -2.47. The molecular formula is C26H32N2O2. The molecule has 0 spiro atoms. The van der Waals surface area contributed by atoms with E-state index in [9.17, 15) is 9.59 Å². The Hall–Kier alpha value is -2.62. The fourth-order valence-corrected chi connectivity index (χ4v) is 5.05. The summed E-state index contributed by atoms with van der Waals surface area (Å²) in [5, 5.41) is 0. The van der Waals surface area contributed by atoms with E-state index in [1.807, 2.05) is 66.4 Å². The summed E-state index contributed by atoms with van der Waals surface area (Å²) in [7, 11) is 0. The number of carbonyl (C=O) groups is 2. The first kappa shape index (κ1) is 20.6. The highest BCUT2D eigenvalue weighted by Crippen LogP contribution is 2.37. The highest BCUT2D eigenvalue weighted by atomic mass is 16.2. The van der Waals surface area contributed by atoms with E-state index in [0.29, 0.717) is 18.4 Å². The quantitative estimate of drug-likeness (QED) is 0.739. The van der Waals surface area contributed by atoms with Crippen LogP contribution in [0.1, 0.15) is 55.8 Å². The van der Waals surface area contributed by atoms with Gasteiger partial charge in [0.05, 0.1) is 0 Å². The molecular weight excluding hydrogens is 372 g/mol. The molecule has 1 aliphatic carbocycles. The van der Waals surface area contributed by atoms with Crippen LogP contribution in [-0.4, -0.2) is 34.2 Å². The number of rotatable bonds is 4. The van der Waals surface area contributed by atoms with Gasteiger partial charge in [-0.3, -0.25) is 9.59 Å². The molecule has 0 aromatic heterocycles. The van der Waals surface area contributed by atoms with Crippen molar-refractivity contribution in [2.45, 2.75) is 58.7 Å². The summed E-state index contributed by atoms with van der Waals surface area (Å²) in [4.78, 5) is 30.9. The van der Waals surface area contributed by atoms with E-state index in [1.54, 1.807) is 4.90 Å². The van der Waals surface area contributed by atoms with Gasteiger partial charge in [0.15, 0.2) is 0 Å². The predicted molar refractivity (Wildman–Crippen MR) is 119 cm³/mol. The summed E-state index contributed by atoms with van der Waals surface area (Å²) in [6.45, 7) is 7.19. The minimum absolute atomic E-state index is 0.0365. The summed E-state index contributed by atoms with van der Waals surface area (Å²) in [5.74, 6) is 1.09. The van der Waals surface area contributed by atoms with Crippen LogP contribution in [0.2, 0.25) is 0 Å². The van der Waals surface area contributed by atoms with Crippen molar-refractivity contribution in [1.82, 2.24) is 9.80 Å². The van der Waals surface area contributed by atoms with Crippen molar-refractivity contribution in [1.29, 1.82) is 0 Å². The van der Waals surface area contributed by atoms with Gasteiger partial charge in [-0.2, -0.15) is 0 Å². The van der Waals surface area contributed by atoms with Crippen LogP contribution in [0.5, 0.6) is 0 Å². The van der Waals surface area contributed by atoms with Crippen LogP contribution in [0.15, 0.2) is 54.6 Å². The Balaban J connectivity index is 1.69. The Labute approximate surface area is 179 Å². The first-order chi connectivity index (χ1) is 14.5. The SMILES string of the molecule is Cc1ccc([C@@H]2C(=O)N([C@@H]3CCC[C@H](C)[C@@H]3C)CC(=O)N2Cc2ccccc2)cc1. The Kier molecular flexibility index (Phi) is 5.94. The Bertz CT molecular complexity index is 893. The Morgan fingerprint density at radius 3 is 2.33 bits per heavy atom. The van der Waals surface area contributed by atoms with Crippen molar-refractivity contribution >= 4 is 11.8 Å². The lowest BCUT2D eigenvalue weighted by Crippen LogP contribution is -2.60. The van der Waals surface area contributed by atoms with Crippen LogP contribution in [0.25, 0.3) is 0 Å². The topological polar surface area (TPSA) is 40.6 Å². The number of amides is 2. The van der Waals surface area contributed by atoms with Crippen LogP contribution in [0.3, 0.4) is 0 Å². The monoisotopic (exact) mass is 404 g/mol. The van der Waals surface area contributed by atoms with E-state index >= 15 is 0 Å². The van der Waals surface area contributed by atoms with E-state index in [0.717, 1.165) is 29.5 Å². The standard InChI is InChI=1S/C26H32N2O2/c1-18-12-14-22(15-13-18)25-26(30)27(23-11-7-8-19(2)20(23)3)17-24(29)28(25)16-21-9-5-4-6-10-21/h4-6,9-10,12-15,19-20,23,25H,7-8,11,16-17H2,1-3H3/t19-,20-,23+,25+/m0/s1. The molecule has 1 saturated heterocycles. The van der Waals surface area contributed by atoms with Gasteiger partial charge < -0.3 is 9.80 Å². The van der Waals surface area contributed by atoms with E-state index < -0.39 is 6.04 Å². The molecule has 2 aliphatic rings. The zero-order valence-electron chi connectivity index (χ0n) is 18.3. The second-order valence-electron chi connectivity index (χ2n) is 9.12. The molecule has 2 aromatic rings. The molecule has 0 bridgehead atoms. The predicted octanol–water partition coefficient (Wildman–Crippen LogP) is 4.73. The maximum atomic E-state index is 13.8. The van der Waals surface area contributed by atoms with Crippen molar-refractivity contribution < 1.29 is 9.59 Å². The molecule has 2 aromatic carbocycles. The van der Waals surface area contributed by atoms with Crippen LogP contribution >= 0.6 is 0 Å². The van der Waals surface area contributed by atoms with Crippen LogP contribution < -0.4 is 0 Å². The van der Waals surface area contributed by atoms with E-state index in [-0.39, 0.29) is 24.4 Å². The molecule has 0 radical (unpaired) electrons. The molecule has 4 heteroatoms. The first-order valence-electron chi connectivity index (χ1n) is 11.2. The van der Waals surface area contributed by atoms with Gasteiger partial charge in [0.2, 0.25) is 5.91 Å². The van der Waals surface area contributed by atoms with Crippen LogP contribution in [-0.2, 0) is 16.1 Å². The average molecular weight is 405 g/mol. The average Bonchev–Trinajstić information content (AvgIpc) is 2.75. The van der Waals surface area contributed by atoms with Crippen LogP contribution in [0, 0.1) is 18.8 Å². The summed E-state index contributed by atoms with van der Waals surface area (Å²) >= 11 is 0. The van der Waals surface area contributed by atoms with Gasteiger partial charge in [-0.05, 0) is 36.3 Å². The molecule has 0 unspecified atom stereocenters. The highest BCUT2D eigenvalue weighted by molar-refractivity contribution is 5.95. The van der Waals surface area contributed by atoms with E-state index in [1.165, 1.54) is 6.42 Å². The molecule has 4 nitrogen and oxygen atoms in total. The van der Waals surface area contributed by atoms with Gasteiger partial charge in [-0.25, -0.2) is 0 Å². The van der Waals surface area contributed by atoms with Crippen molar-refractivity contribution in [3.8, 4) is 0 Å². The van der Waals surface area contributed by atoms with Gasteiger partial charge >= 0.3 is 0 Å². The van der Waals surface area contributed by atoms with Crippen molar-refractivity contribution in [2.75, 3.05) is 6.54 Å². The third kappa shape index (κ3) is 4.00. The Morgan fingerprint density at radius 1 is 0.933 bits per heavy atom. The van der Waals surface area contributed by atoms with Gasteiger partial charge in [-0.15, -0.1) is 0 Å². The normalized spacial score (nSPS) is 27.4. The van der Waals surface area contributed by atoms with Gasteiger partial charge in [0, 0.05) is 12.6 Å². The third-order valence-electron chi connectivity index (χ3n) is 7.11. The zero-order valence-corrected chi connectivity index (χ0v) is 18.3.